The molecular formula is C49H32N2S2. The van der Waals surface area contributed by atoms with Gasteiger partial charge in [0.15, 0.2) is 0 Å². The summed E-state index contributed by atoms with van der Waals surface area (Å²) in [6.45, 7) is 0. The summed E-state index contributed by atoms with van der Waals surface area (Å²) >= 11 is 3.58. The van der Waals surface area contributed by atoms with Gasteiger partial charge < -0.3 is 4.90 Å². The summed E-state index contributed by atoms with van der Waals surface area (Å²) in [7, 11) is 0. The fourth-order valence-corrected chi connectivity index (χ4v) is 9.26. The highest BCUT2D eigenvalue weighted by atomic mass is 32.1. The van der Waals surface area contributed by atoms with Gasteiger partial charge in [-0.1, -0.05) is 121 Å². The van der Waals surface area contributed by atoms with Crippen molar-refractivity contribution in [2.24, 2.45) is 0 Å². The van der Waals surface area contributed by atoms with Crippen molar-refractivity contribution in [1.29, 1.82) is 0 Å². The zero-order valence-electron chi connectivity index (χ0n) is 28.7. The maximum atomic E-state index is 4.91. The molecule has 0 aliphatic heterocycles. The molecule has 0 bridgehead atoms. The van der Waals surface area contributed by atoms with E-state index >= 15 is 0 Å². The summed E-state index contributed by atoms with van der Waals surface area (Å²) in [5.74, 6) is 0. The molecule has 0 unspecified atom stereocenters. The fourth-order valence-electron chi connectivity index (χ4n) is 7.22. The van der Waals surface area contributed by atoms with Crippen LogP contribution in [0.25, 0.3) is 74.3 Å². The van der Waals surface area contributed by atoms with Gasteiger partial charge in [0, 0.05) is 32.2 Å². The third-order valence-corrected chi connectivity index (χ3v) is 12.2. The molecule has 0 aliphatic carbocycles. The molecule has 0 saturated carbocycles. The Hall–Kier alpha value is -6.33. The molecule has 10 rings (SSSR count). The zero-order valence-corrected chi connectivity index (χ0v) is 30.3. The van der Waals surface area contributed by atoms with Crippen LogP contribution in [-0.2, 0) is 0 Å². The minimum atomic E-state index is 1.03. The van der Waals surface area contributed by atoms with Crippen LogP contribution in [0.15, 0.2) is 194 Å². The molecular weight excluding hydrogens is 681 g/mol. The van der Waals surface area contributed by atoms with E-state index in [0.717, 1.165) is 33.1 Å². The quantitative estimate of drug-likeness (QED) is 0.164. The van der Waals surface area contributed by atoms with Crippen LogP contribution >= 0.6 is 22.7 Å². The minimum absolute atomic E-state index is 1.03. The Kier molecular flexibility index (Phi) is 7.90. The van der Waals surface area contributed by atoms with Crippen LogP contribution in [0, 0.1) is 0 Å². The predicted octanol–water partition coefficient (Wildman–Crippen LogP) is 14.8. The molecule has 8 aromatic carbocycles. The molecule has 0 atom stereocenters. The number of thiazole rings is 1. The van der Waals surface area contributed by atoms with Gasteiger partial charge in [0.05, 0.1) is 10.2 Å². The first-order valence-electron chi connectivity index (χ1n) is 17.8. The summed E-state index contributed by atoms with van der Waals surface area (Å²) in [5, 5.41) is 4.84. The highest BCUT2D eigenvalue weighted by molar-refractivity contribution is 7.22. The molecule has 0 amide bonds. The van der Waals surface area contributed by atoms with E-state index in [1.165, 1.54) is 58.3 Å². The van der Waals surface area contributed by atoms with E-state index < -0.39 is 0 Å². The van der Waals surface area contributed by atoms with Crippen molar-refractivity contribution in [3.63, 3.8) is 0 Å². The van der Waals surface area contributed by atoms with Gasteiger partial charge in [-0.15, -0.1) is 22.7 Å². The number of rotatable bonds is 7. The highest BCUT2D eigenvalue weighted by Gasteiger charge is 2.15. The summed E-state index contributed by atoms with van der Waals surface area (Å²) < 4.78 is 2.52. The molecule has 0 saturated heterocycles. The first kappa shape index (κ1) is 31.4. The van der Waals surface area contributed by atoms with Crippen molar-refractivity contribution in [3.8, 4) is 43.3 Å². The molecule has 10 aromatic rings. The number of hydrogen-bond donors (Lipinski definition) is 0. The van der Waals surface area contributed by atoms with Crippen LogP contribution in [0.3, 0.4) is 0 Å². The number of anilines is 3. The lowest BCUT2D eigenvalue weighted by atomic mass is 9.98. The Bertz CT molecular complexity index is 2790. The van der Waals surface area contributed by atoms with Crippen molar-refractivity contribution >= 4 is 70.8 Å². The molecule has 0 fully saturated rings. The van der Waals surface area contributed by atoms with Gasteiger partial charge in [-0.2, -0.15) is 0 Å². The number of fused-ring (bicyclic) bond motifs is 3. The van der Waals surface area contributed by atoms with E-state index in [1.54, 1.807) is 11.3 Å². The predicted molar refractivity (Wildman–Crippen MR) is 229 cm³/mol. The molecule has 0 aliphatic rings. The fraction of sp³-hybridized carbons (Fsp3) is 0. The van der Waals surface area contributed by atoms with Crippen LogP contribution < -0.4 is 4.90 Å². The summed E-state index contributed by atoms with van der Waals surface area (Å²) in [6.07, 6.45) is 0. The van der Waals surface area contributed by atoms with E-state index in [-0.39, 0.29) is 0 Å². The number of para-hydroxylation sites is 1. The molecule has 0 N–H and O–H groups in total. The number of hydrogen-bond acceptors (Lipinski definition) is 4. The minimum Gasteiger partial charge on any atom is -0.311 e. The smallest absolute Gasteiger partial charge is 0.124 e. The lowest BCUT2D eigenvalue weighted by molar-refractivity contribution is 1.28. The van der Waals surface area contributed by atoms with E-state index in [2.05, 4.69) is 193 Å². The largest absolute Gasteiger partial charge is 0.311 e. The summed E-state index contributed by atoms with van der Waals surface area (Å²) in [5.41, 5.74) is 11.5. The number of nitrogens with zero attached hydrogens (tertiary/aromatic N) is 2. The van der Waals surface area contributed by atoms with E-state index in [1.807, 2.05) is 17.4 Å². The second kappa shape index (κ2) is 13.3. The lowest BCUT2D eigenvalue weighted by Crippen LogP contribution is -2.09. The molecule has 0 spiro atoms. The number of thiophene rings is 1. The monoisotopic (exact) mass is 712 g/mol. The van der Waals surface area contributed by atoms with Crippen molar-refractivity contribution < 1.29 is 0 Å². The molecule has 2 aromatic heterocycles. The summed E-state index contributed by atoms with van der Waals surface area (Å²) in [6, 6.07) is 70.0. The van der Waals surface area contributed by atoms with E-state index in [0.29, 0.717) is 0 Å². The van der Waals surface area contributed by atoms with Crippen molar-refractivity contribution in [2.75, 3.05) is 4.90 Å². The number of benzene rings is 8. The first-order valence-corrected chi connectivity index (χ1v) is 19.4. The van der Waals surface area contributed by atoms with Crippen LogP contribution in [0.4, 0.5) is 17.1 Å². The average Bonchev–Trinajstić information content (AvgIpc) is 3.87. The van der Waals surface area contributed by atoms with Crippen molar-refractivity contribution in [2.45, 2.75) is 0 Å². The van der Waals surface area contributed by atoms with Gasteiger partial charge in [0.25, 0.3) is 0 Å². The van der Waals surface area contributed by atoms with Crippen LogP contribution in [0.2, 0.25) is 0 Å². The second-order valence-electron chi connectivity index (χ2n) is 13.2. The highest BCUT2D eigenvalue weighted by Crippen LogP contribution is 2.40. The van der Waals surface area contributed by atoms with E-state index in [4.69, 9.17) is 4.98 Å². The van der Waals surface area contributed by atoms with Crippen molar-refractivity contribution in [3.05, 3.63) is 194 Å². The Morgan fingerprint density at radius 3 is 1.58 bits per heavy atom. The Labute approximate surface area is 316 Å². The zero-order chi connectivity index (χ0) is 35.1. The van der Waals surface area contributed by atoms with Crippen LogP contribution in [-0.4, -0.2) is 4.98 Å². The lowest BCUT2D eigenvalue weighted by Gasteiger charge is -2.26. The maximum absolute atomic E-state index is 4.91. The normalized spacial score (nSPS) is 11.4. The topological polar surface area (TPSA) is 16.1 Å². The van der Waals surface area contributed by atoms with Gasteiger partial charge in [-0.05, 0) is 117 Å². The Morgan fingerprint density at radius 1 is 0.377 bits per heavy atom. The standard InChI is InChI=1S/C49H32N2S2/c1-3-11-43-35(8-1)10-7-12-44(43)36-22-28-41(29-23-36)51(42-30-24-38(25-31-42)49-50-45-13-4-6-15-47(45)53-49)40-26-20-34(21-27-40)33-16-18-37(19-17-33)48-32-39-9-2-5-14-46(39)52-48/h1-32H. The molecule has 2 heterocycles. The van der Waals surface area contributed by atoms with Gasteiger partial charge in [0.2, 0.25) is 0 Å². The third-order valence-electron chi connectivity index (χ3n) is 9.95. The molecule has 2 nitrogen and oxygen atoms in total. The summed E-state index contributed by atoms with van der Waals surface area (Å²) in [4.78, 5) is 8.54. The Morgan fingerprint density at radius 2 is 0.906 bits per heavy atom. The SMILES string of the molecule is c1ccc2sc(-c3ccc(-c4ccc(N(c5ccc(-c6nc7ccccc7s6)cc5)c5ccc(-c6cccc7ccccc67)cc5)cc4)cc3)cc2c1. The maximum Gasteiger partial charge on any atom is 0.124 e. The third kappa shape index (κ3) is 5.98. The first-order chi connectivity index (χ1) is 26.2. The average molecular weight is 713 g/mol. The van der Waals surface area contributed by atoms with Gasteiger partial charge in [0.1, 0.15) is 5.01 Å². The van der Waals surface area contributed by atoms with Gasteiger partial charge in [-0.3, -0.25) is 0 Å². The van der Waals surface area contributed by atoms with Crippen molar-refractivity contribution in [1.82, 2.24) is 4.98 Å². The van der Waals surface area contributed by atoms with Crippen LogP contribution in [0.1, 0.15) is 0 Å². The van der Waals surface area contributed by atoms with Gasteiger partial charge >= 0.3 is 0 Å². The molecule has 0 radical (unpaired) electrons. The second-order valence-corrected chi connectivity index (χ2v) is 15.3. The Balaban J connectivity index is 0.991. The van der Waals surface area contributed by atoms with Gasteiger partial charge in [-0.25, -0.2) is 4.98 Å². The van der Waals surface area contributed by atoms with Crippen LogP contribution in [0.5, 0.6) is 0 Å². The molecule has 53 heavy (non-hydrogen) atoms. The number of aromatic nitrogens is 1. The molecule has 4 heteroatoms. The van der Waals surface area contributed by atoms with E-state index in [9.17, 15) is 0 Å². The molecule has 250 valence electrons.